The van der Waals surface area contributed by atoms with E-state index >= 15 is 0 Å². The van der Waals surface area contributed by atoms with Crippen molar-refractivity contribution in [3.63, 3.8) is 0 Å². The van der Waals surface area contributed by atoms with Gasteiger partial charge in [0, 0.05) is 14.8 Å². The van der Waals surface area contributed by atoms with Gasteiger partial charge in [-0.25, -0.2) is 9.59 Å². The minimum atomic E-state index is -0.613. The van der Waals surface area contributed by atoms with E-state index in [2.05, 4.69) is 40.1 Å². The normalized spacial score (nSPS) is 17.2. The summed E-state index contributed by atoms with van der Waals surface area (Å²) in [6.07, 6.45) is 1.96. The molecule has 0 spiro atoms. The third-order valence-electron chi connectivity index (χ3n) is 3.71. The summed E-state index contributed by atoms with van der Waals surface area (Å²) in [5.74, 6) is 0.175. The van der Waals surface area contributed by atoms with Crippen LogP contribution in [0.4, 0.5) is 4.79 Å². The Labute approximate surface area is 155 Å². The molecule has 7 heteroatoms. The van der Waals surface area contributed by atoms with Gasteiger partial charge >= 0.3 is 12.0 Å². The Bertz CT molecular complexity index is 673. The second-order valence-corrected chi connectivity index (χ2v) is 6.69. The number of unbranched alkanes of at least 4 members (excludes halogenated alkanes) is 1. The maximum absolute atomic E-state index is 12.2. The molecule has 2 N–H and O–H groups in total. The summed E-state index contributed by atoms with van der Waals surface area (Å²) in [7, 11) is 1.32. The van der Waals surface area contributed by atoms with E-state index in [1.165, 1.54) is 7.11 Å². The van der Waals surface area contributed by atoms with Crippen molar-refractivity contribution in [3.8, 4) is 5.75 Å². The molecular weight excluding hydrogens is 423 g/mol. The molecule has 0 bridgehead atoms. The summed E-state index contributed by atoms with van der Waals surface area (Å²) < 4.78 is 11.7. The van der Waals surface area contributed by atoms with Crippen molar-refractivity contribution in [2.45, 2.75) is 32.7 Å². The number of halogens is 1. The van der Waals surface area contributed by atoms with Gasteiger partial charge in [-0.05, 0) is 54.1 Å². The van der Waals surface area contributed by atoms with E-state index < -0.39 is 12.0 Å². The average molecular weight is 444 g/mol. The largest absolute Gasteiger partial charge is 0.493 e. The second-order valence-electron chi connectivity index (χ2n) is 5.45. The lowest BCUT2D eigenvalue weighted by Gasteiger charge is -2.29. The SMILES string of the molecule is CCCCOc1ccc(I)cc1[C@H]1NC(=O)NC(C)=C1C(=O)OC. The molecule has 2 rings (SSSR count). The monoisotopic (exact) mass is 444 g/mol. The van der Waals surface area contributed by atoms with Crippen LogP contribution in [-0.4, -0.2) is 25.7 Å². The quantitative estimate of drug-likeness (QED) is 0.401. The lowest BCUT2D eigenvalue weighted by atomic mass is 9.95. The standard InChI is InChI=1S/C17H21IN2O4/c1-4-5-8-24-13-7-6-11(18)9-12(13)15-14(16(21)23-3)10(2)19-17(22)20-15/h6-7,9,15H,4-5,8H2,1-3H3,(H2,19,20,22)/t15-/m1/s1. The highest BCUT2D eigenvalue weighted by atomic mass is 127. The molecule has 0 saturated carbocycles. The third kappa shape index (κ3) is 4.19. The molecule has 0 saturated heterocycles. The van der Waals surface area contributed by atoms with Crippen LogP contribution in [0.15, 0.2) is 29.5 Å². The molecule has 0 aliphatic carbocycles. The van der Waals surface area contributed by atoms with Crippen LogP contribution in [0.25, 0.3) is 0 Å². The van der Waals surface area contributed by atoms with E-state index in [0.29, 0.717) is 23.6 Å². The van der Waals surface area contributed by atoms with E-state index in [1.54, 1.807) is 6.92 Å². The first-order valence-electron chi connectivity index (χ1n) is 7.76. The fraction of sp³-hybridized carbons (Fsp3) is 0.412. The van der Waals surface area contributed by atoms with E-state index in [-0.39, 0.29) is 6.03 Å². The molecule has 0 aromatic heterocycles. The van der Waals surface area contributed by atoms with Crippen molar-refractivity contribution in [3.05, 3.63) is 38.6 Å². The lowest BCUT2D eigenvalue weighted by Crippen LogP contribution is -2.45. The number of allylic oxidation sites excluding steroid dienone is 1. The second kappa shape index (κ2) is 8.36. The number of urea groups is 1. The predicted molar refractivity (Wildman–Crippen MR) is 98.7 cm³/mol. The van der Waals surface area contributed by atoms with Crippen LogP contribution in [0.1, 0.15) is 38.3 Å². The van der Waals surface area contributed by atoms with Gasteiger partial charge in [0.05, 0.1) is 25.3 Å². The van der Waals surface area contributed by atoms with E-state index in [9.17, 15) is 9.59 Å². The summed E-state index contributed by atoms with van der Waals surface area (Å²) in [6, 6.07) is 4.74. The zero-order valence-electron chi connectivity index (χ0n) is 13.9. The minimum absolute atomic E-state index is 0.358. The molecule has 1 atom stereocenters. The van der Waals surface area contributed by atoms with Crippen LogP contribution in [-0.2, 0) is 9.53 Å². The molecule has 0 radical (unpaired) electrons. The zero-order valence-corrected chi connectivity index (χ0v) is 16.1. The number of amides is 2. The molecule has 0 fully saturated rings. The molecule has 1 aromatic rings. The van der Waals surface area contributed by atoms with Gasteiger partial charge in [0.15, 0.2) is 0 Å². The Morgan fingerprint density at radius 1 is 1.38 bits per heavy atom. The summed E-state index contributed by atoms with van der Waals surface area (Å²) in [6.45, 7) is 4.36. The van der Waals surface area contributed by atoms with Gasteiger partial charge in [0.25, 0.3) is 0 Å². The van der Waals surface area contributed by atoms with Crippen molar-refractivity contribution in [2.75, 3.05) is 13.7 Å². The number of hydrogen-bond donors (Lipinski definition) is 2. The Hall–Kier alpha value is -1.77. The smallest absolute Gasteiger partial charge is 0.337 e. The summed E-state index contributed by atoms with van der Waals surface area (Å²) in [5, 5.41) is 5.41. The first-order valence-corrected chi connectivity index (χ1v) is 8.84. The number of rotatable bonds is 6. The summed E-state index contributed by atoms with van der Waals surface area (Å²) in [4.78, 5) is 24.1. The number of ether oxygens (including phenoxy) is 2. The van der Waals surface area contributed by atoms with Crippen molar-refractivity contribution in [2.24, 2.45) is 0 Å². The van der Waals surface area contributed by atoms with E-state index in [0.717, 1.165) is 22.0 Å². The van der Waals surface area contributed by atoms with Crippen molar-refractivity contribution < 1.29 is 19.1 Å². The average Bonchev–Trinajstić information content (AvgIpc) is 2.55. The molecule has 1 heterocycles. The van der Waals surface area contributed by atoms with Crippen LogP contribution in [0.3, 0.4) is 0 Å². The Kier molecular flexibility index (Phi) is 6.47. The van der Waals surface area contributed by atoms with Gasteiger partial charge in [0.1, 0.15) is 5.75 Å². The maximum Gasteiger partial charge on any atom is 0.337 e. The first kappa shape index (κ1) is 18.6. The van der Waals surface area contributed by atoms with Gasteiger partial charge in [-0.1, -0.05) is 13.3 Å². The fourth-order valence-electron chi connectivity index (χ4n) is 2.51. The number of benzene rings is 1. The highest BCUT2D eigenvalue weighted by Crippen LogP contribution is 2.34. The molecule has 24 heavy (non-hydrogen) atoms. The predicted octanol–water partition coefficient (Wildman–Crippen LogP) is 3.27. The van der Waals surface area contributed by atoms with E-state index in [4.69, 9.17) is 9.47 Å². The molecule has 1 aliphatic heterocycles. The molecule has 0 unspecified atom stereocenters. The van der Waals surface area contributed by atoms with Gasteiger partial charge in [-0.15, -0.1) is 0 Å². The van der Waals surface area contributed by atoms with Crippen LogP contribution in [0, 0.1) is 3.57 Å². The Morgan fingerprint density at radius 3 is 2.79 bits per heavy atom. The number of hydrogen-bond acceptors (Lipinski definition) is 4. The fourth-order valence-corrected chi connectivity index (χ4v) is 3.03. The van der Waals surface area contributed by atoms with Gasteiger partial charge in [-0.2, -0.15) is 0 Å². The van der Waals surface area contributed by atoms with Gasteiger partial charge < -0.3 is 20.1 Å². The van der Waals surface area contributed by atoms with Crippen LogP contribution < -0.4 is 15.4 Å². The zero-order chi connectivity index (χ0) is 17.7. The molecule has 1 aliphatic rings. The lowest BCUT2D eigenvalue weighted by molar-refractivity contribution is -0.136. The summed E-state index contributed by atoms with van der Waals surface area (Å²) >= 11 is 2.19. The van der Waals surface area contributed by atoms with Gasteiger partial charge in [0.2, 0.25) is 0 Å². The van der Waals surface area contributed by atoms with Gasteiger partial charge in [-0.3, -0.25) is 0 Å². The van der Waals surface area contributed by atoms with Crippen molar-refractivity contribution in [1.29, 1.82) is 0 Å². The molecule has 2 amide bonds. The van der Waals surface area contributed by atoms with Crippen molar-refractivity contribution in [1.82, 2.24) is 10.6 Å². The summed E-state index contributed by atoms with van der Waals surface area (Å²) in [5.41, 5.74) is 1.60. The Balaban J connectivity index is 2.46. The number of carbonyl (C=O) groups is 2. The highest BCUT2D eigenvalue weighted by molar-refractivity contribution is 14.1. The van der Waals surface area contributed by atoms with Crippen LogP contribution in [0.5, 0.6) is 5.75 Å². The van der Waals surface area contributed by atoms with Crippen LogP contribution in [0.2, 0.25) is 0 Å². The van der Waals surface area contributed by atoms with E-state index in [1.807, 2.05) is 18.2 Å². The number of carbonyl (C=O) groups excluding carboxylic acids is 2. The number of nitrogens with one attached hydrogen (secondary N) is 2. The molecule has 6 nitrogen and oxygen atoms in total. The highest BCUT2D eigenvalue weighted by Gasteiger charge is 2.33. The third-order valence-corrected chi connectivity index (χ3v) is 4.38. The maximum atomic E-state index is 12.2. The van der Waals surface area contributed by atoms with Crippen molar-refractivity contribution >= 4 is 34.6 Å². The molecule has 1 aromatic carbocycles. The molecule has 130 valence electrons. The number of methoxy groups -OCH3 is 1. The first-order chi connectivity index (χ1) is 11.5. The number of esters is 1. The Morgan fingerprint density at radius 2 is 2.12 bits per heavy atom. The topological polar surface area (TPSA) is 76.7 Å². The van der Waals surface area contributed by atoms with Crippen LogP contribution >= 0.6 is 22.6 Å². The molecular formula is C17H21IN2O4. The minimum Gasteiger partial charge on any atom is -0.493 e.